The van der Waals surface area contributed by atoms with Crippen molar-refractivity contribution in [2.45, 2.75) is 19.3 Å². The summed E-state index contributed by atoms with van der Waals surface area (Å²) in [7, 11) is 0. The van der Waals surface area contributed by atoms with Gasteiger partial charge >= 0.3 is 5.97 Å². The van der Waals surface area contributed by atoms with Crippen molar-refractivity contribution in [3.05, 3.63) is 41.8 Å². The molecular formula is C11H11N3O3. The van der Waals surface area contributed by atoms with Crippen LogP contribution in [0, 0.1) is 0 Å². The fourth-order valence-corrected chi connectivity index (χ4v) is 1.34. The number of carboxylic acid groups (broad SMARTS) is 1. The minimum Gasteiger partial charge on any atom is -0.481 e. The van der Waals surface area contributed by atoms with Gasteiger partial charge in [-0.05, 0) is 12.1 Å². The van der Waals surface area contributed by atoms with E-state index in [1.165, 1.54) is 0 Å². The molecule has 0 aliphatic heterocycles. The van der Waals surface area contributed by atoms with Crippen molar-refractivity contribution in [1.82, 2.24) is 15.1 Å². The number of aromatic nitrogens is 3. The standard InChI is InChI=1S/C11H11N3O3/c15-11(16)5-4-10-13-9(14-17-10)7-8-3-1-2-6-12-8/h1-3,6H,4-5,7H2,(H,15,16). The van der Waals surface area contributed by atoms with Crippen molar-refractivity contribution in [2.75, 3.05) is 0 Å². The maximum absolute atomic E-state index is 10.4. The normalized spacial score (nSPS) is 10.4. The highest BCUT2D eigenvalue weighted by atomic mass is 16.5. The van der Waals surface area contributed by atoms with Crippen LogP contribution in [0.3, 0.4) is 0 Å². The summed E-state index contributed by atoms with van der Waals surface area (Å²) in [5.74, 6) is -0.0168. The Morgan fingerprint density at radius 3 is 3.00 bits per heavy atom. The van der Waals surface area contributed by atoms with Crippen LogP contribution in [-0.4, -0.2) is 26.2 Å². The first-order valence-electron chi connectivity index (χ1n) is 5.17. The minimum atomic E-state index is -0.880. The van der Waals surface area contributed by atoms with Crippen LogP contribution in [-0.2, 0) is 17.6 Å². The molecule has 6 heteroatoms. The number of pyridine rings is 1. The van der Waals surface area contributed by atoms with Gasteiger partial charge in [-0.1, -0.05) is 11.2 Å². The second-order valence-corrected chi connectivity index (χ2v) is 3.50. The summed E-state index contributed by atoms with van der Waals surface area (Å²) in [5.41, 5.74) is 0.845. The van der Waals surface area contributed by atoms with E-state index in [4.69, 9.17) is 9.63 Å². The van der Waals surface area contributed by atoms with Gasteiger partial charge in [-0.2, -0.15) is 4.98 Å². The Morgan fingerprint density at radius 1 is 1.41 bits per heavy atom. The van der Waals surface area contributed by atoms with Crippen LogP contribution >= 0.6 is 0 Å². The maximum Gasteiger partial charge on any atom is 0.303 e. The molecule has 0 fully saturated rings. The average molecular weight is 233 g/mol. The largest absolute Gasteiger partial charge is 0.481 e. The number of hydrogen-bond acceptors (Lipinski definition) is 5. The van der Waals surface area contributed by atoms with Gasteiger partial charge in [-0.25, -0.2) is 0 Å². The number of aryl methyl sites for hydroxylation is 1. The Kier molecular flexibility index (Phi) is 3.44. The number of rotatable bonds is 5. The Bertz CT molecular complexity index is 496. The lowest BCUT2D eigenvalue weighted by molar-refractivity contribution is -0.137. The summed E-state index contributed by atoms with van der Waals surface area (Å²) in [5, 5.41) is 12.3. The molecule has 17 heavy (non-hydrogen) atoms. The molecule has 0 bridgehead atoms. The lowest BCUT2D eigenvalue weighted by Crippen LogP contribution is -1.98. The summed E-state index contributed by atoms with van der Waals surface area (Å²) in [6.07, 6.45) is 2.42. The van der Waals surface area contributed by atoms with Gasteiger partial charge in [0.2, 0.25) is 5.89 Å². The van der Waals surface area contributed by atoms with E-state index in [1.54, 1.807) is 6.20 Å². The molecule has 0 saturated heterocycles. The lowest BCUT2D eigenvalue weighted by Gasteiger charge is -1.93. The molecule has 2 aromatic heterocycles. The van der Waals surface area contributed by atoms with Crippen molar-refractivity contribution in [2.24, 2.45) is 0 Å². The first-order chi connectivity index (χ1) is 8.24. The average Bonchev–Trinajstić information content (AvgIpc) is 2.75. The second kappa shape index (κ2) is 5.20. The van der Waals surface area contributed by atoms with Gasteiger partial charge in [0, 0.05) is 18.3 Å². The Labute approximate surface area is 97.3 Å². The fourth-order valence-electron chi connectivity index (χ4n) is 1.34. The molecule has 0 spiro atoms. The highest BCUT2D eigenvalue weighted by molar-refractivity contribution is 5.66. The van der Waals surface area contributed by atoms with E-state index in [9.17, 15) is 4.79 Å². The molecule has 88 valence electrons. The first-order valence-corrected chi connectivity index (χ1v) is 5.17. The molecule has 0 aliphatic carbocycles. The summed E-state index contributed by atoms with van der Waals surface area (Å²) in [6.45, 7) is 0. The van der Waals surface area contributed by atoms with E-state index in [-0.39, 0.29) is 12.8 Å². The van der Waals surface area contributed by atoms with Gasteiger partial charge in [0.25, 0.3) is 0 Å². The molecular weight excluding hydrogens is 222 g/mol. The zero-order valence-electron chi connectivity index (χ0n) is 9.04. The van der Waals surface area contributed by atoms with Crippen molar-refractivity contribution < 1.29 is 14.4 Å². The van der Waals surface area contributed by atoms with Gasteiger partial charge in [0.1, 0.15) is 0 Å². The van der Waals surface area contributed by atoms with Crippen molar-refractivity contribution in [1.29, 1.82) is 0 Å². The Hall–Kier alpha value is -2.24. The molecule has 2 rings (SSSR count). The van der Waals surface area contributed by atoms with Crippen LogP contribution in [0.2, 0.25) is 0 Å². The summed E-state index contributed by atoms with van der Waals surface area (Å²) in [6, 6.07) is 5.58. The van der Waals surface area contributed by atoms with Crippen LogP contribution in [0.1, 0.15) is 23.8 Å². The summed E-state index contributed by atoms with van der Waals surface area (Å²) >= 11 is 0. The molecule has 0 radical (unpaired) electrons. The molecule has 0 unspecified atom stereocenters. The van der Waals surface area contributed by atoms with Crippen LogP contribution in [0.25, 0.3) is 0 Å². The van der Waals surface area contributed by atoms with Crippen LogP contribution in [0.4, 0.5) is 0 Å². The van der Waals surface area contributed by atoms with E-state index >= 15 is 0 Å². The molecule has 0 atom stereocenters. The van der Waals surface area contributed by atoms with Gasteiger partial charge in [-0.15, -0.1) is 0 Å². The summed E-state index contributed by atoms with van der Waals surface area (Å²) < 4.78 is 4.94. The van der Waals surface area contributed by atoms with Crippen LogP contribution in [0.5, 0.6) is 0 Å². The van der Waals surface area contributed by atoms with Gasteiger partial charge < -0.3 is 9.63 Å². The van der Waals surface area contributed by atoms with Gasteiger partial charge in [0.15, 0.2) is 5.82 Å². The molecule has 6 nitrogen and oxygen atoms in total. The molecule has 0 aliphatic rings. The lowest BCUT2D eigenvalue weighted by atomic mass is 10.2. The first kappa shape index (κ1) is 11.3. The third kappa shape index (κ3) is 3.37. The monoisotopic (exact) mass is 233 g/mol. The van der Waals surface area contributed by atoms with Crippen molar-refractivity contribution >= 4 is 5.97 Å². The molecule has 2 aromatic rings. The van der Waals surface area contributed by atoms with Crippen LogP contribution < -0.4 is 0 Å². The number of carbonyl (C=O) groups is 1. The topological polar surface area (TPSA) is 89.1 Å². The number of aliphatic carboxylic acids is 1. The third-order valence-electron chi connectivity index (χ3n) is 2.13. The molecule has 1 N–H and O–H groups in total. The maximum atomic E-state index is 10.4. The smallest absolute Gasteiger partial charge is 0.303 e. The third-order valence-corrected chi connectivity index (χ3v) is 2.13. The molecule has 0 saturated carbocycles. The molecule has 0 amide bonds. The number of carboxylic acids is 1. The van der Waals surface area contributed by atoms with Crippen molar-refractivity contribution in [3.63, 3.8) is 0 Å². The SMILES string of the molecule is O=C(O)CCc1nc(Cc2ccccn2)no1. The van der Waals surface area contributed by atoms with Crippen molar-refractivity contribution in [3.8, 4) is 0 Å². The number of nitrogens with zero attached hydrogens (tertiary/aromatic N) is 3. The van der Waals surface area contributed by atoms with E-state index in [2.05, 4.69) is 15.1 Å². The number of hydrogen-bond donors (Lipinski definition) is 1. The zero-order valence-corrected chi connectivity index (χ0v) is 9.04. The highest BCUT2D eigenvalue weighted by Crippen LogP contribution is 2.05. The second-order valence-electron chi connectivity index (χ2n) is 3.50. The predicted molar refractivity (Wildman–Crippen MR) is 57.3 cm³/mol. The van der Waals surface area contributed by atoms with E-state index in [1.807, 2.05) is 18.2 Å². The van der Waals surface area contributed by atoms with Crippen LogP contribution in [0.15, 0.2) is 28.9 Å². The summed E-state index contributed by atoms with van der Waals surface area (Å²) in [4.78, 5) is 18.6. The van der Waals surface area contributed by atoms with Gasteiger partial charge in [-0.3, -0.25) is 9.78 Å². The Morgan fingerprint density at radius 2 is 2.29 bits per heavy atom. The molecule has 2 heterocycles. The Balaban J connectivity index is 1.97. The highest BCUT2D eigenvalue weighted by Gasteiger charge is 2.09. The van der Waals surface area contributed by atoms with Gasteiger partial charge in [0.05, 0.1) is 12.8 Å². The predicted octanol–water partition coefficient (Wildman–Crippen LogP) is 1.07. The molecule has 0 aromatic carbocycles. The van der Waals surface area contributed by atoms with E-state index < -0.39 is 5.97 Å². The fraction of sp³-hybridized carbons (Fsp3) is 0.273. The van der Waals surface area contributed by atoms with E-state index in [0.717, 1.165) is 5.69 Å². The zero-order chi connectivity index (χ0) is 12.1. The van der Waals surface area contributed by atoms with E-state index in [0.29, 0.717) is 18.1 Å². The quantitative estimate of drug-likeness (QED) is 0.830. The minimum absolute atomic E-state index is 0.00871.